The van der Waals surface area contributed by atoms with Crippen LogP contribution >= 0.6 is 0 Å². The van der Waals surface area contributed by atoms with Gasteiger partial charge < -0.3 is 14.8 Å². The summed E-state index contributed by atoms with van der Waals surface area (Å²) in [5, 5.41) is 3.10. The zero-order valence-electron chi connectivity index (χ0n) is 11.5. The number of aromatic nitrogens is 2. The number of hydrogen-bond acceptors (Lipinski definition) is 5. The average Bonchev–Trinajstić information content (AvgIpc) is 3.16. The Morgan fingerprint density at radius 2 is 2.11 bits per heavy atom. The number of methoxy groups -OCH3 is 1. The highest BCUT2D eigenvalue weighted by molar-refractivity contribution is 5.48. The molecule has 0 aromatic carbocycles. The first kappa shape index (κ1) is 13.1. The molecule has 1 atom stereocenters. The summed E-state index contributed by atoms with van der Waals surface area (Å²) in [5.41, 5.74) is 0.949. The SMILES string of the molecule is CNc1nc(C2CC2)nc(OC(C)COC)c1C. The Kier molecular flexibility index (Phi) is 4.01. The van der Waals surface area contributed by atoms with E-state index in [2.05, 4.69) is 15.3 Å². The summed E-state index contributed by atoms with van der Waals surface area (Å²) in [7, 11) is 3.54. The van der Waals surface area contributed by atoms with E-state index >= 15 is 0 Å². The molecule has 1 aliphatic rings. The first-order chi connectivity index (χ1) is 8.65. The van der Waals surface area contributed by atoms with Crippen LogP contribution in [0.1, 0.15) is 37.1 Å². The number of rotatable bonds is 6. The van der Waals surface area contributed by atoms with Crippen LogP contribution in [0.3, 0.4) is 0 Å². The fourth-order valence-electron chi connectivity index (χ4n) is 1.85. The van der Waals surface area contributed by atoms with Crippen LogP contribution in [-0.4, -0.2) is 36.8 Å². The van der Waals surface area contributed by atoms with Gasteiger partial charge in [-0.05, 0) is 26.7 Å². The Bertz CT molecular complexity index is 419. The molecule has 1 saturated carbocycles. The third-order valence-electron chi connectivity index (χ3n) is 3.01. The molecule has 1 unspecified atom stereocenters. The number of anilines is 1. The van der Waals surface area contributed by atoms with Gasteiger partial charge in [0.05, 0.1) is 12.2 Å². The van der Waals surface area contributed by atoms with Crippen LogP contribution < -0.4 is 10.1 Å². The van der Waals surface area contributed by atoms with Crippen LogP contribution in [0.25, 0.3) is 0 Å². The number of ether oxygens (including phenoxy) is 2. The van der Waals surface area contributed by atoms with Crippen LogP contribution in [0.4, 0.5) is 5.82 Å². The Morgan fingerprint density at radius 3 is 2.67 bits per heavy atom. The highest BCUT2D eigenvalue weighted by Crippen LogP contribution is 2.39. The summed E-state index contributed by atoms with van der Waals surface area (Å²) >= 11 is 0. The first-order valence-electron chi connectivity index (χ1n) is 6.37. The summed E-state index contributed by atoms with van der Waals surface area (Å²) in [6, 6.07) is 0. The van der Waals surface area contributed by atoms with Gasteiger partial charge in [0.15, 0.2) is 0 Å². The summed E-state index contributed by atoms with van der Waals surface area (Å²) < 4.78 is 10.9. The van der Waals surface area contributed by atoms with Crippen molar-refractivity contribution in [1.82, 2.24) is 9.97 Å². The molecule has 0 bridgehead atoms. The van der Waals surface area contributed by atoms with Gasteiger partial charge >= 0.3 is 0 Å². The number of hydrogen-bond donors (Lipinski definition) is 1. The van der Waals surface area contributed by atoms with Crippen molar-refractivity contribution in [3.05, 3.63) is 11.4 Å². The van der Waals surface area contributed by atoms with Gasteiger partial charge in [-0.25, -0.2) is 4.98 Å². The topological polar surface area (TPSA) is 56.3 Å². The van der Waals surface area contributed by atoms with Crippen molar-refractivity contribution in [3.63, 3.8) is 0 Å². The second-order valence-electron chi connectivity index (χ2n) is 4.77. The van der Waals surface area contributed by atoms with Gasteiger partial charge in [-0.15, -0.1) is 0 Å². The molecule has 0 amide bonds. The molecule has 100 valence electrons. The van der Waals surface area contributed by atoms with Crippen molar-refractivity contribution in [2.45, 2.75) is 38.7 Å². The van der Waals surface area contributed by atoms with Crippen molar-refractivity contribution < 1.29 is 9.47 Å². The average molecular weight is 251 g/mol. The molecule has 2 rings (SSSR count). The Hall–Kier alpha value is -1.36. The monoisotopic (exact) mass is 251 g/mol. The minimum Gasteiger partial charge on any atom is -0.472 e. The summed E-state index contributed by atoms with van der Waals surface area (Å²) in [6.07, 6.45) is 2.35. The van der Waals surface area contributed by atoms with E-state index in [-0.39, 0.29) is 6.10 Å². The number of nitrogens with one attached hydrogen (secondary N) is 1. The fourth-order valence-corrected chi connectivity index (χ4v) is 1.85. The number of nitrogens with zero attached hydrogens (tertiary/aromatic N) is 2. The Labute approximate surface area is 108 Å². The minimum absolute atomic E-state index is 0.0136. The van der Waals surface area contributed by atoms with E-state index < -0.39 is 0 Å². The van der Waals surface area contributed by atoms with Gasteiger partial charge in [0.1, 0.15) is 17.7 Å². The molecule has 1 N–H and O–H groups in total. The van der Waals surface area contributed by atoms with Crippen LogP contribution in [0.15, 0.2) is 0 Å². The van der Waals surface area contributed by atoms with Crippen LogP contribution in [0.5, 0.6) is 5.88 Å². The summed E-state index contributed by atoms with van der Waals surface area (Å²) in [5.74, 6) is 2.93. The summed E-state index contributed by atoms with van der Waals surface area (Å²) in [4.78, 5) is 9.07. The second kappa shape index (κ2) is 5.52. The molecule has 0 saturated heterocycles. The van der Waals surface area contributed by atoms with E-state index in [0.717, 1.165) is 17.2 Å². The Balaban J connectivity index is 2.23. The molecule has 0 radical (unpaired) electrons. The lowest BCUT2D eigenvalue weighted by Gasteiger charge is -2.17. The first-order valence-corrected chi connectivity index (χ1v) is 6.37. The molecule has 5 heteroatoms. The van der Waals surface area contributed by atoms with E-state index in [9.17, 15) is 0 Å². The molecule has 1 fully saturated rings. The van der Waals surface area contributed by atoms with E-state index in [4.69, 9.17) is 9.47 Å². The van der Waals surface area contributed by atoms with E-state index in [1.807, 2.05) is 20.9 Å². The van der Waals surface area contributed by atoms with Crippen LogP contribution in [0.2, 0.25) is 0 Å². The van der Waals surface area contributed by atoms with Crippen molar-refractivity contribution in [3.8, 4) is 5.88 Å². The van der Waals surface area contributed by atoms with E-state index in [1.54, 1.807) is 7.11 Å². The van der Waals surface area contributed by atoms with Crippen LogP contribution in [-0.2, 0) is 4.74 Å². The minimum atomic E-state index is -0.0136. The molecular weight excluding hydrogens is 230 g/mol. The fraction of sp³-hybridized carbons (Fsp3) is 0.692. The Morgan fingerprint density at radius 1 is 1.39 bits per heavy atom. The van der Waals surface area contributed by atoms with Crippen molar-refractivity contribution in [2.24, 2.45) is 0 Å². The molecule has 18 heavy (non-hydrogen) atoms. The lowest BCUT2D eigenvalue weighted by atomic mass is 10.3. The molecule has 1 heterocycles. The van der Waals surface area contributed by atoms with Gasteiger partial charge in [0, 0.05) is 20.1 Å². The van der Waals surface area contributed by atoms with E-state index in [0.29, 0.717) is 18.4 Å². The molecule has 5 nitrogen and oxygen atoms in total. The quantitative estimate of drug-likeness (QED) is 0.839. The van der Waals surface area contributed by atoms with Crippen LogP contribution in [0, 0.1) is 6.92 Å². The van der Waals surface area contributed by atoms with Gasteiger partial charge in [-0.3, -0.25) is 0 Å². The largest absolute Gasteiger partial charge is 0.472 e. The second-order valence-corrected chi connectivity index (χ2v) is 4.77. The molecule has 1 aromatic rings. The lowest BCUT2D eigenvalue weighted by Crippen LogP contribution is -2.20. The molecule has 1 aliphatic carbocycles. The van der Waals surface area contributed by atoms with Gasteiger partial charge in [0.25, 0.3) is 0 Å². The maximum absolute atomic E-state index is 5.83. The summed E-state index contributed by atoms with van der Waals surface area (Å²) in [6.45, 7) is 4.50. The van der Waals surface area contributed by atoms with Crippen molar-refractivity contribution in [2.75, 3.05) is 26.1 Å². The normalized spacial score (nSPS) is 16.4. The third kappa shape index (κ3) is 2.90. The predicted octanol–water partition coefficient (Wildman–Crippen LogP) is 2.12. The molecule has 0 spiro atoms. The van der Waals surface area contributed by atoms with E-state index in [1.165, 1.54) is 12.8 Å². The molecule has 1 aromatic heterocycles. The van der Waals surface area contributed by atoms with Crippen molar-refractivity contribution in [1.29, 1.82) is 0 Å². The lowest BCUT2D eigenvalue weighted by molar-refractivity contribution is 0.0882. The zero-order chi connectivity index (χ0) is 13.1. The van der Waals surface area contributed by atoms with Gasteiger partial charge in [0.2, 0.25) is 5.88 Å². The third-order valence-corrected chi connectivity index (χ3v) is 3.01. The van der Waals surface area contributed by atoms with Gasteiger partial charge in [-0.1, -0.05) is 0 Å². The maximum Gasteiger partial charge on any atom is 0.222 e. The highest BCUT2D eigenvalue weighted by atomic mass is 16.5. The molecular formula is C13H21N3O2. The molecule has 0 aliphatic heterocycles. The smallest absolute Gasteiger partial charge is 0.222 e. The maximum atomic E-state index is 5.83. The standard InChI is InChI=1S/C13H21N3O2/c1-8(7-17-4)18-13-9(2)11(14-3)15-12(16-13)10-5-6-10/h8,10H,5-7H2,1-4H3,(H,14,15,16). The van der Waals surface area contributed by atoms with Crippen molar-refractivity contribution >= 4 is 5.82 Å². The zero-order valence-corrected chi connectivity index (χ0v) is 11.5. The highest BCUT2D eigenvalue weighted by Gasteiger charge is 2.28. The predicted molar refractivity (Wildman–Crippen MR) is 70.3 cm³/mol. The van der Waals surface area contributed by atoms with Gasteiger partial charge in [-0.2, -0.15) is 4.98 Å².